The zero-order valence-corrected chi connectivity index (χ0v) is 8.54. The third-order valence-corrected chi connectivity index (χ3v) is 1.87. The molecule has 0 aliphatic heterocycles. The molecule has 3 nitrogen and oxygen atoms in total. The van der Waals surface area contributed by atoms with Crippen LogP contribution in [0.1, 0.15) is 34.6 Å². The van der Waals surface area contributed by atoms with Gasteiger partial charge in [-0.1, -0.05) is 0 Å². The van der Waals surface area contributed by atoms with E-state index in [-0.39, 0.29) is 29.3 Å². The van der Waals surface area contributed by atoms with Crippen molar-refractivity contribution < 1.29 is 18.7 Å². The Balaban J connectivity index is 3.34. The quantitative estimate of drug-likeness (QED) is 0.565. The predicted octanol–water partition coefficient (Wildman–Crippen LogP) is 2.24. The van der Waals surface area contributed by atoms with Gasteiger partial charge in [0.2, 0.25) is 0 Å². The summed E-state index contributed by atoms with van der Waals surface area (Å²) in [7, 11) is 0. The highest BCUT2D eigenvalue weighted by molar-refractivity contribution is 5.98. The minimum atomic E-state index is -0.688. The van der Waals surface area contributed by atoms with Crippen molar-refractivity contribution in [3.63, 3.8) is 0 Å². The standard InChI is InChI=1S/C11H11FO3/c1-3-15-11-9(7(2)14)4-8(6-13)5-10(11)12/h4-6H,3H2,1-2H3. The van der Waals surface area contributed by atoms with Gasteiger partial charge < -0.3 is 4.74 Å². The van der Waals surface area contributed by atoms with Crippen LogP contribution in [-0.4, -0.2) is 18.7 Å². The number of hydrogen-bond acceptors (Lipinski definition) is 3. The van der Waals surface area contributed by atoms with Crippen molar-refractivity contribution >= 4 is 12.1 Å². The Morgan fingerprint density at radius 2 is 2.20 bits per heavy atom. The molecule has 0 amide bonds. The molecule has 0 aliphatic carbocycles. The molecule has 0 atom stereocenters. The number of carbonyl (C=O) groups excluding carboxylic acids is 2. The Morgan fingerprint density at radius 3 is 2.67 bits per heavy atom. The second-order valence-electron chi connectivity index (χ2n) is 2.99. The molecule has 80 valence electrons. The Kier molecular flexibility index (Phi) is 3.55. The Hall–Kier alpha value is -1.71. The fraction of sp³-hybridized carbons (Fsp3) is 0.273. The highest BCUT2D eigenvalue weighted by Crippen LogP contribution is 2.24. The lowest BCUT2D eigenvalue weighted by molar-refractivity contribution is 0.101. The molecule has 1 rings (SSSR count). The summed E-state index contributed by atoms with van der Waals surface area (Å²) < 4.78 is 18.4. The van der Waals surface area contributed by atoms with Gasteiger partial charge in [-0.25, -0.2) is 4.39 Å². The summed E-state index contributed by atoms with van der Waals surface area (Å²) in [6, 6.07) is 2.37. The van der Waals surface area contributed by atoms with Crippen LogP contribution in [0.2, 0.25) is 0 Å². The number of halogens is 1. The monoisotopic (exact) mass is 210 g/mol. The summed E-state index contributed by atoms with van der Waals surface area (Å²) in [5.41, 5.74) is 0.222. The first-order chi connectivity index (χ1) is 7.10. The van der Waals surface area contributed by atoms with E-state index in [2.05, 4.69) is 0 Å². The largest absolute Gasteiger partial charge is 0.490 e. The number of carbonyl (C=O) groups is 2. The predicted molar refractivity (Wildman–Crippen MR) is 53.0 cm³/mol. The molecule has 0 fully saturated rings. The van der Waals surface area contributed by atoms with E-state index < -0.39 is 5.82 Å². The first-order valence-corrected chi connectivity index (χ1v) is 4.52. The van der Waals surface area contributed by atoms with Crippen LogP contribution in [0, 0.1) is 5.82 Å². The van der Waals surface area contributed by atoms with E-state index in [1.165, 1.54) is 13.0 Å². The minimum Gasteiger partial charge on any atom is -0.490 e. The van der Waals surface area contributed by atoms with Crippen molar-refractivity contribution in [1.82, 2.24) is 0 Å². The average molecular weight is 210 g/mol. The lowest BCUT2D eigenvalue weighted by atomic mass is 10.1. The first kappa shape index (κ1) is 11.4. The molecule has 0 heterocycles. The summed E-state index contributed by atoms with van der Waals surface area (Å²) >= 11 is 0. The maximum Gasteiger partial charge on any atom is 0.166 e. The van der Waals surface area contributed by atoms with Gasteiger partial charge in [-0.15, -0.1) is 0 Å². The Bertz CT molecular complexity index is 399. The summed E-state index contributed by atoms with van der Waals surface area (Å²) in [4.78, 5) is 21.7. The van der Waals surface area contributed by atoms with E-state index in [1.807, 2.05) is 0 Å². The van der Waals surface area contributed by atoms with E-state index in [0.29, 0.717) is 6.29 Å². The van der Waals surface area contributed by atoms with Gasteiger partial charge in [-0.3, -0.25) is 9.59 Å². The van der Waals surface area contributed by atoms with Gasteiger partial charge in [-0.2, -0.15) is 0 Å². The molecule has 4 heteroatoms. The molecule has 0 aromatic heterocycles. The van der Waals surface area contributed by atoms with Crippen LogP contribution in [0.4, 0.5) is 4.39 Å². The normalized spacial score (nSPS) is 9.80. The van der Waals surface area contributed by atoms with Crippen LogP contribution in [0.3, 0.4) is 0 Å². The summed E-state index contributed by atoms with van der Waals surface area (Å²) in [6.45, 7) is 3.25. The number of hydrogen-bond donors (Lipinski definition) is 0. The van der Waals surface area contributed by atoms with E-state index in [1.54, 1.807) is 6.92 Å². The van der Waals surface area contributed by atoms with Gasteiger partial charge in [0, 0.05) is 5.56 Å². The van der Waals surface area contributed by atoms with Crippen LogP contribution < -0.4 is 4.74 Å². The van der Waals surface area contributed by atoms with Crippen molar-refractivity contribution in [3.8, 4) is 5.75 Å². The number of aldehydes is 1. The molecule has 0 N–H and O–H groups in total. The van der Waals surface area contributed by atoms with Crippen molar-refractivity contribution in [2.45, 2.75) is 13.8 Å². The summed E-state index contributed by atoms with van der Waals surface area (Å²) in [6.07, 6.45) is 0.491. The smallest absolute Gasteiger partial charge is 0.166 e. The molecule has 0 radical (unpaired) electrons. The van der Waals surface area contributed by atoms with E-state index in [4.69, 9.17) is 4.74 Å². The molecule has 0 saturated carbocycles. The average Bonchev–Trinajstić information content (AvgIpc) is 2.20. The van der Waals surface area contributed by atoms with Crippen molar-refractivity contribution in [3.05, 3.63) is 29.1 Å². The molecule has 1 aromatic rings. The van der Waals surface area contributed by atoms with E-state index in [9.17, 15) is 14.0 Å². The molecule has 0 bridgehead atoms. The van der Waals surface area contributed by atoms with Crippen molar-refractivity contribution in [2.24, 2.45) is 0 Å². The van der Waals surface area contributed by atoms with Crippen LogP contribution in [0.5, 0.6) is 5.75 Å². The maximum atomic E-state index is 13.4. The Morgan fingerprint density at radius 1 is 1.53 bits per heavy atom. The van der Waals surface area contributed by atoms with Crippen molar-refractivity contribution in [1.29, 1.82) is 0 Å². The van der Waals surface area contributed by atoms with Gasteiger partial charge in [0.1, 0.15) is 6.29 Å². The summed E-state index contributed by atoms with van der Waals surface area (Å²) in [5, 5.41) is 0. The summed E-state index contributed by atoms with van der Waals surface area (Å²) in [5.74, 6) is -1.11. The van der Waals surface area contributed by atoms with Gasteiger partial charge in [0.05, 0.1) is 12.2 Å². The van der Waals surface area contributed by atoms with Gasteiger partial charge >= 0.3 is 0 Å². The van der Waals surface area contributed by atoms with Gasteiger partial charge in [0.25, 0.3) is 0 Å². The topological polar surface area (TPSA) is 43.4 Å². The van der Waals surface area contributed by atoms with E-state index >= 15 is 0 Å². The molecule has 15 heavy (non-hydrogen) atoms. The lowest BCUT2D eigenvalue weighted by Crippen LogP contribution is -2.04. The molecule has 1 aromatic carbocycles. The van der Waals surface area contributed by atoms with Crippen LogP contribution >= 0.6 is 0 Å². The third-order valence-electron chi connectivity index (χ3n) is 1.87. The molecule has 0 unspecified atom stereocenters. The zero-order chi connectivity index (χ0) is 11.4. The SMILES string of the molecule is CCOc1c(F)cc(C=O)cc1C(C)=O. The van der Waals surface area contributed by atoms with Crippen LogP contribution in [0.25, 0.3) is 0 Å². The molecular weight excluding hydrogens is 199 g/mol. The number of Topliss-reactive ketones (excluding diaryl/α,β-unsaturated/α-hetero) is 1. The number of benzene rings is 1. The highest BCUT2D eigenvalue weighted by atomic mass is 19.1. The maximum absolute atomic E-state index is 13.4. The second kappa shape index (κ2) is 4.68. The fourth-order valence-corrected chi connectivity index (χ4v) is 1.23. The number of ether oxygens (including phenoxy) is 1. The van der Waals surface area contributed by atoms with Crippen LogP contribution in [0.15, 0.2) is 12.1 Å². The highest BCUT2D eigenvalue weighted by Gasteiger charge is 2.15. The Labute approximate surface area is 86.9 Å². The zero-order valence-electron chi connectivity index (χ0n) is 8.54. The lowest BCUT2D eigenvalue weighted by Gasteiger charge is -2.09. The third kappa shape index (κ3) is 2.40. The number of rotatable bonds is 4. The van der Waals surface area contributed by atoms with Gasteiger partial charge in [0.15, 0.2) is 17.3 Å². The second-order valence-corrected chi connectivity index (χ2v) is 2.99. The molecule has 0 saturated heterocycles. The number of ketones is 1. The fourth-order valence-electron chi connectivity index (χ4n) is 1.23. The molecule has 0 aliphatic rings. The molecule has 0 spiro atoms. The van der Waals surface area contributed by atoms with Gasteiger partial charge in [-0.05, 0) is 26.0 Å². The van der Waals surface area contributed by atoms with Crippen LogP contribution in [-0.2, 0) is 0 Å². The first-order valence-electron chi connectivity index (χ1n) is 4.52. The van der Waals surface area contributed by atoms with E-state index in [0.717, 1.165) is 6.07 Å². The minimum absolute atomic E-state index is 0.0874. The van der Waals surface area contributed by atoms with Crippen molar-refractivity contribution in [2.75, 3.05) is 6.61 Å². The molecular formula is C11H11FO3.